The SMILES string of the molecule is CCCCN(C)c1cn2c(C(=O)O)c(C)nc2cc1C. The number of carboxylic acid groups (broad SMARTS) is 1. The average molecular weight is 275 g/mol. The fourth-order valence-corrected chi connectivity index (χ4v) is 2.46. The summed E-state index contributed by atoms with van der Waals surface area (Å²) in [6.45, 7) is 6.87. The molecule has 5 nitrogen and oxygen atoms in total. The van der Waals surface area contributed by atoms with Crippen molar-refractivity contribution in [3.05, 3.63) is 29.2 Å². The van der Waals surface area contributed by atoms with Crippen molar-refractivity contribution in [2.24, 2.45) is 0 Å². The van der Waals surface area contributed by atoms with Crippen molar-refractivity contribution < 1.29 is 9.90 Å². The van der Waals surface area contributed by atoms with Gasteiger partial charge in [-0.15, -0.1) is 0 Å². The molecule has 0 radical (unpaired) electrons. The molecule has 0 atom stereocenters. The normalized spacial score (nSPS) is 11.0. The summed E-state index contributed by atoms with van der Waals surface area (Å²) >= 11 is 0. The monoisotopic (exact) mass is 275 g/mol. The van der Waals surface area contributed by atoms with Crippen LogP contribution in [0.4, 0.5) is 5.69 Å². The molecule has 0 aliphatic heterocycles. The summed E-state index contributed by atoms with van der Waals surface area (Å²) in [5, 5.41) is 9.32. The number of aromatic nitrogens is 2. The lowest BCUT2D eigenvalue weighted by atomic mass is 10.2. The predicted octanol–water partition coefficient (Wildman–Crippen LogP) is 2.89. The number of imidazole rings is 1. The van der Waals surface area contributed by atoms with E-state index in [1.807, 2.05) is 26.2 Å². The van der Waals surface area contributed by atoms with Gasteiger partial charge in [-0.05, 0) is 31.9 Å². The summed E-state index contributed by atoms with van der Waals surface area (Å²) in [7, 11) is 2.04. The first-order chi connectivity index (χ1) is 9.45. The lowest BCUT2D eigenvalue weighted by molar-refractivity contribution is 0.0688. The van der Waals surface area contributed by atoms with E-state index in [-0.39, 0.29) is 5.69 Å². The van der Waals surface area contributed by atoms with Gasteiger partial charge in [0, 0.05) is 19.8 Å². The van der Waals surface area contributed by atoms with Crippen molar-refractivity contribution in [2.45, 2.75) is 33.6 Å². The summed E-state index contributed by atoms with van der Waals surface area (Å²) in [5.74, 6) is -0.944. The van der Waals surface area contributed by atoms with Crippen molar-refractivity contribution in [1.29, 1.82) is 0 Å². The number of aryl methyl sites for hydroxylation is 2. The number of anilines is 1. The fourth-order valence-electron chi connectivity index (χ4n) is 2.46. The topological polar surface area (TPSA) is 57.8 Å². The van der Waals surface area contributed by atoms with E-state index in [0.717, 1.165) is 30.6 Å². The van der Waals surface area contributed by atoms with E-state index in [2.05, 4.69) is 16.8 Å². The van der Waals surface area contributed by atoms with Crippen LogP contribution < -0.4 is 4.90 Å². The summed E-state index contributed by atoms with van der Waals surface area (Å²) in [4.78, 5) is 17.8. The van der Waals surface area contributed by atoms with Crippen LogP contribution in [0.5, 0.6) is 0 Å². The standard InChI is InChI=1S/C15H21N3O2/c1-5-6-7-17(4)12-9-18-13(8-10(12)2)16-11(3)14(18)15(19)20/h8-9H,5-7H2,1-4H3,(H,19,20). The predicted molar refractivity (Wildman–Crippen MR) is 79.8 cm³/mol. The van der Waals surface area contributed by atoms with Crippen LogP contribution in [0.15, 0.2) is 12.3 Å². The first kappa shape index (κ1) is 14.4. The van der Waals surface area contributed by atoms with Crippen LogP contribution >= 0.6 is 0 Å². The minimum atomic E-state index is -0.944. The highest BCUT2D eigenvalue weighted by Crippen LogP contribution is 2.23. The van der Waals surface area contributed by atoms with E-state index in [4.69, 9.17) is 0 Å². The third kappa shape index (κ3) is 2.48. The van der Waals surface area contributed by atoms with Crippen LogP contribution in [0.1, 0.15) is 41.5 Å². The van der Waals surface area contributed by atoms with Crippen LogP contribution in [0.3, 0.4) is 0 Å². The van der Waals surface area contributed by atoms with Crippen molar-refractivity contribution >= 4 is 17.3 Å². The Labute approximate surface area is 118 Å². The first-order valence-corrected chi connectivity index (χ1v) is 6.89. The molecule has 2 aromatic rings. The number of carbonyl (C=O) groups is 1. The Morgan fingerprint density at radius 1 is 1.45 bits per heavy atom. The molecule has 0 bridgehead atoms. The highest BCUT2D eigenvalue weighted by Gasteiger charge is 2.17. The lowest BCUT2D eigenvalue weighted by Gasteiger charge is -2.21. The van der Waals surface area contributed by atoms with Gasteiger partial charge in [-0.25, -0.2) is 9.78 Å². The number of unbranched alkanes of at least 4 members (excludes halogenated alkanes) is 1. The molecular formula is C15H21N3O2. The van der Waals surface area contributed by atoms with Gasteiger partial charge < -0.3 is 10.0 Å². The molecule has 0 aliphatic rings. The zero-order valence-corrected chi connectivity index (χ0v) is 12.5. The third-order valence-electron chi connectivity index (χ3n) is 3.57. The van der Waals surface area contributed by atoms with Crippen LogP contribution in [-0.4, -0.2) is 34.1 Å². The van der Waals surface area contributed by atoms with Crippen molar-refractivity contribution in [2.75, 3.05) is 18.5 Å². The molecule has 2 rings (SSSR count). The molecule has 0 aromatic carbocycles. The number of pyridine rings is 1. The number of rotatable bonds is 5. The summed E-state index contributed by atoms with van der Waals surface area (Å²) in [6, 6.07) is 1.94. The molecule has 20 heavy (non-hydrogen) atoms. The number of hydrogen-bond donors (Lipinski definition) is 1. The molecule has 0 aliphatic carbocycles. The molecule has 0 saturated heterocycles. The van der Waals surface area contributed by atoms with Gasteiger partial charge in [0.15, 0.2) is 5.69 Å². The maximum atomic E-state index is 11.4. The van der Waals surface area contributed by atoms with E-state index in [1.165, 1.54) is 0 Å². The smallest absolute Gasteiger partial charge is 0.354 e. The Morgan fingerprint density at radius 2 is 2.15 bits per heavy atom. The van der Waals surface area contributed by atoms with E-state index in [1.54, 1.807) is 11.3 Å². The Bertz CT molecular complexity index is 646. The number of nitrogens with zero attached hydrogens (tertiary/aromatic N) is 3. The largest absolute Gasteiger partial charge is 0.477 e. The quantitative estimate of drug-likeness (QED) is 0.911. The van der Waals surface area contributed by atoms with Gasteiger partial charge in [-0.2, -0.15) is 0 Å². The maximum absolute atomic E-state index is 11.4. The van der Waals surface area contributed by atoms with Gasteiger partial charge in [-0.3, -0.25) is 4.40 Å². The average Bonchev–Trinajstić information content (AvgIpc) is 2.69. The molecular weight excluding hydrogens is 254 g/mol. The lowest BCUT2D eigenvalue weighted by Crippen LogP contribution is -2.20. The summed E-state index contributed by atoms with van der Waals surface area (Å²) in [6.07, 6.45) is 4.13. The minimum absolute atomic E-state index is 0.241. The second-order valence-electron chi connectivity index (χ2n) is 5.20. The Morgan fingerprint density at radius 3 is 2.75 bits per heavy atom. The first-order valence-electron chi connectivity index (χ1n) is 6.89. The van der Waals surface area contributed by atoms with Crippen molar-refractivity contribution in [3.63, 3.8) is 0 Å². The molecule has 0 fully saturated rings. The zero-order chi connectivity index (χ0) is 14.9. The van der Waals surface area contributed by atoms with Crippen LogP contribution in [0.2, 0.25) is 0 Å². The Balaban J connectivity index is 2.54. The number of fused-ring (bicyclic) bond motifs is 1. The Hall–Kier alpha value is -2.04. The van der Waals surface area contributed by atoms with Gasteiger partial charge in [0.2, 0.25) is 0 Å². The maximum Gasteiger partial charge on any atom is 0.354 e. The van der Waals surface area contributed by atoms with E-state index < -0.39 is 5.97 Å². The third-order valence-corrected chi connectivity index (χ3v) is 3.57. The van der Waals surface area contributed by atoms with E-state index in [0.29, 0.717) is 11.3 Å². The highest BCUT2D eigenvalue weighted by atomic mass is 16.4. The van der Waals surface area contributed by atoms with Crippen LogP contribution in [0, 0.1) is 13.8 Å². The number of hydrogen-bond acceptors (Lipinski definition) is 3. The molecule has 0 unspecified atom stereocenters. The highest BCUT2D eigenvalue weighted by molar-refractivity contribution is 5.88. The second-order valence-corrected chi connectivity index (χ2v) is 5.20. The van der Waals surface area contributed by atoms with Gasteiger partial charge in [-0.1, -0.05) is 13.3 Å². The minimum Gasteiger partial charge on any atom is -0.477 e. The summed E-state index contributed by atoms with van der Waals surface area (Å²) in [5.41, 5.74) is 3.63. The zero-order valence-electron chi connectivity index (χ0n) is 12.5. The molecule has 5 heteroatoms. The molecule has 108 valence electrons. The van der Waals surface area contributed by atoms with Gasteiger partial charge in [0.1, 0.15) is 5.65 Å². The van der Waals surface area contributed by atoms with Crippen LogP contribution in [0.25, 0.3) is 5.65 Å². The number of aromatic carboxylic acids is 1. The van der Waals surface area contributed by atoms with Crippen LogP contribution in [-0.2, 0) is 0 Å². The van der Waals surface area contributed by atoms with E-state index in [9.17, 15) is 9.90 Å². The molecule has 0 saturated carbocycles. The molecule has 1 N–H and O–H groups in total. The van der Waals surface area contributed by atoms with Crippen molar-refractivity contribution in [3.8, 4) is 0 Å². The second kappa shape index (κ2) is 5.53. The van der Waals surface area contributed by atoms with Gasteiger partial charge >= 0.3 is 5.97 Å². The molecule has 0 amide bonds. The summed E-state index contributed by atoms with van der Waals surface area (Å²) < 4.78 is 1.67. The van der Waals surface area contributed by atoms with E-state index >= 15 is 0 Å². The molecule has 2 aromatic heterocycles. The molecule has 2 heterocycles. The molecule has 0 spiro atoms. The van der Waals surface area contributed by atoms with Crippen molar-refractivity contribution in [1.82, 2.24) is 9.38 Å². The van der Waals surface area contributed by atoms with Gasteiger partial charge in [0.25, 0.3) is 0 Å². The van der Waals surface area contributed by atoms with Gasteiger partial charge in [0.05, 0.1) is 11.4 Å². The number of carboxylic acids is 1. The fraction of sp³-hybridized carbons (Fsp3) is 0.467. The Kier molecular flexibility index (Phi) is 3.97.